The second kappa shape index (κ2) is 39.5. The number of esters is 1. The van der Waals surface area contributed by atoms with Gasteiger partial charge in [-0.2, -0.15) is 0 Å². The van der Waals surface area contributed by atoms with E-state index in [0.717, 1.165) is 70.6 Å². The minimum Gasteiger partial charge on any atom is -0.480 e. The lowest BCUT2D eigenvalue weighted by Gasteiger charge is -2.18. The van der Waals surface area contributed by atoms with Gasteiger partial charge in [-0.15, -0.1) is 0 Å². The Balaban J connectivity index is 4.42. The minimum absolute atomic E-state index is 0.0499. The number of aliphatic hydroxyl groups excluding tert-OH is 1. The molecule has 0 saturated heterocycles. The third kappa shape index (κ3) is 35.8. The average Bonchev–Trinajstić information content (AvgIpc) is 3.15. The van der Waals surface area contributed by atoms with Crippen molar-refractivity contribution in [1.29, 1.82) is 0 Å². The monoisotopic (exact) mass is 759 g/mol. The lowest BCUT2D eigenvalue weighted by molar-refractivity contribution is -0.149. The normalized spacial score (nSPS) is 12.9. The SMILES string of the molecule is CC/C=C\C/C=C\C/C=C\C/C=C\CCC(=O)OC(CCCCCCCCCCCCCCC)CCCCCCCC(=O)NCC(=O)NC(CO)C(=O)O. The van der Waals surface area contributed by atoms with Crippen molar-refractivity contribution in [3.05, 3.63) is 48.6 Å². The number of rotatable bonds is 38. The van der Waals surface area contributed by atoms with Crippen LogP contribution in [0.25, 0.3) is 0 Å². The van der Waals surface area contributed by atoms with Gasteiger partial charge in [0.1, 0.15) is 12.1 Å². The molecule has 0 aliphatic rings. The summed E-state index contributed by atoms with van der Waals surface area (Å²) in [5.41, 5.74) is 0. The van der Waals surface area contributed by atoms with E-state index in [-0.39, 0.29) is 30.9 Å². The number of ether oxygens (including phenoxy) is 1. The summed E-state index contributed by atoms with van der Waals surface area (Å²) in [5, 5.41) is 22.5. The van der Waals surface area contributed by atoms with Gasteiger partial charge in [0, 0.05) is 12.8 Å². The summed E-state index contributed by atoms with van der Waals surface area (Å²) >= 11 is 0. The van der Waals surface area contributed by atoms with Gasteiger partial charge >= 0.3 is 11.9 Å². The van der Waals surface area contributed by atoms with E-state index in [1.807, 2.05) is 0 Å². The molecule has 0 saturated carbocycles. The van der Waals surface area contributed by atoms with E-state index in [0.29, 0.717) is 19.3 Å². The molecule has 0 rings (SSSR count). The van der Waals surface area contributed by atoms with Crippen molar-refractivity contribution in [2.24, 2.45) is 0 Å². The third-order valence-corrected chi connectivity index (χ3v) is 9.35. The Kier molecular flexibility index (Phi) is 37.2. The van der Waals surface area contributed by atoms with Gasteiger partial charge in [0.15, 0.2) is 0 Å². The molecule has 9 nitrogen and oxygen atoms in total. The fourth-order valence-electron chi connectivity index (χ4n) is 6.08. The Morgan fingerprint density at radius 3 is 1.52 bits per heavy atom. The highest BCUT2D eigenvalue weighted by atomic mass is 16.5. The van der Waals surface area contributed by atoms with Crippen molar-refractivity contribution in [3.63, 3.8) is 0 Å². The van der Waals surface area contributed by atoms with Crippen LogP contribution >= 0.6 is 0 Å². The van der Waals surface area contributed by atoms with Gasteiger partial charge < -0.3 is 25.6 Å². The van der Waals surface area contributed by atoms with Crippen LogP contribution in [0.15, 0.2) is 48.6 Å². The Labute approximate surface area is 328 Å². The van der Waals surface area contributed by atoms with E-state index in [2.05, 4.69) is 73.1 Å². The number of hydrogen-bond donors (Lipinski definition) is 4. The molecule has 0 aliphatic carbocycles. The van der Waals surface area contributed by atoms with Gasteiger partial charge in [-0.25, -0.2) is 4.79 Å². The minimum atomic E-state index is -1.39. The number of allylic oxidation sites excluding steroid dienone is 8. The first-order chi connectivity index (χ1) is 26.3. The molecular formula is C45H78N2O7. The van der Waals surface area contributed by atoms with Crippen molar-refractivity contribution in [2.75, 3.05) is 13.2 Å². The van der Waals surface area contributed by atoms with Crippen LogP contribution in [-0.2, 0) is 23.9 Å². The molecule has 0 aromatic rings. The number of amides is 2. The summed E-state index contributed by atoms with van der Waals surface area (Å²) < 4.78 is 5.98. The van der Waals surface area contributed by atoms with E-state index >= 15 is 0 Å². The van der Waals surface area contributed by atoms with E-state index in [9.17, 15) is 19.2 Å². The predicted molar refractivity (Wildman–Crippen MR) is 222 cm³/mol. The molecule has 310 valence electrons. The van der Waals surface area contributed by atoms with Crippen molar-refractivity contribution in [3.8, 4) is 0 Å². The number of carbonyl (C=O) groups is 4. The highest BCUT2D eigenvalue weighted by molar-refractivity contribution is 5.87. The first-order valence-corrected chi connectivity index (χ1v) is 21.5. The molecule has 2 amide bonds. The van der Waals surface area contributed by atoms with Crippen molar-refractivity contribution < 1.29 is 34.1 Å². The number of hydrogen-bond acceptors (Lipinski definition) is 6. The third-order valence-electron chi connectivity index (χ3n) is 9.35. The number of carboxylic acid groups (broad SMARTS) is 1. The van der Waals surface area contributed by atoms with Crippen LogP contribution in [0.2, 0.25) is 0 Å². The zero-order valence-corrected chi connectivity index (χ0v) is 34.2. The highest BCUT2D eigenvalue weighted by Gasteiger charge is 2.19. The second-order valence-corrected chi connectivity index (χ2v) is 14.4. The summed E-state index contributed by atoms with van der Waals surface area (Å²) in [7, 11) is 0. The summed E-state index contributed by atoms with van der Waals surface area (Å²) in [6.07, 6.45) is 45.7. The number of aliphatic carboxylic acids is 1. The highest BCUT2D eigenvalue weighted by Crippen LogP contribution is 2.18. The van der Waals surface area contributed by atoms with Crippen LogP contribution in [0, 0.1) is 0 Å². The number of carboxylic acids is 1. The first-order valence-electron chi connectivity index (χ1n) is 21.5. The summed E-state index contributed by atoms with van der Waals surface area (Å²) in [6, 6.07) is -1.39. The summed E-state index contributed by atoms with van der Waals surface area (Å²) in [6.45, 7) is 3.36. The number of aliphatic hydroxyl groups is 1. The van der Waals surface area contributed by atoms with E-state index in [4.69, 9.17) is 14.9 Å². The lowest BCUT2D eigenvalue weighted by Crippen LogP contribution is -2.47. The number of nitrogens with one attached hydrogen (secondary N) is 2. The zero-order valence-electron chi connectivity index (χ0n) is 34.2. The second-order valence-electron chi connectivity index (χ2n) is 14.4. The maximum absolute atomic E-state index is 12.7. The molecular weight excluding hydrogens is 681 g/mol. The fraction of sp³-hybridized carbons (Fsp3) is 0.733. The zero-order chi connectivity index (χ0) is 39.7. The van der Waals surface area contributed by atoms with Crippen LogP contribution in [0.5, 0.6) is 0 Å². The Morgan fingerprint density at radius 1 is 0.574 bits per heavy atom. The molecule has 0 aromatic heterocycles. The van der Waals surface area contributed by atoms with Gasteiger partial charge in [0.05, 0.1) is 13.2 Å². The lowest BCUT2D eigenvalue weighted by atomic mass is 10.0. The molecule has 0 aliphatic heterocycles. The largest absolute Gasteiger partial charge is 0.480 e. The van der Waals surface area contributed by atoms with Crippen LogP contribution in [0.1, 0.15) is 187 Å². The summed E-state index contributed by atoms with van der Waals surface area (Å²) in [5.74, 6) is -2.38. The molecule has 4 N–H and O–H groups in total. The molecule has 0 heterocycles. The van der Waals surface area contributed by atoms with E-state index < -0.39 is 24.5 Å². The Bertz CT molecular complexity index is 1050. The molecule has 0 bridgehead atoms. The Hall–Kier alpha value is -3.20. The Morgan fingerprint density at radius 2 is 1.04 bits per heavy atom. The maximum Gasteiger partial charge on any atom is 0.328 e. The van der Waals surface area contributed by atoms with Crippen LogP contribution in [0.3, 0.4) is 0 Å². The van der Waals surface area contributed by atoms with E-state index in [1.54, 1.807) is 0 Å². The van der Waals surface area contributed by atoms with Gasteiger partial charge in [-0.05, 0) is 64.2 Å². The molecule has 0 spiro atoms. The molecule has 0 fully saturated rings. The van der Waals surface area contributed by atoms with Gasteiger partial charge in [0.25, 0.3) is 0 Å². The average molecular weight is 759 g/mol. The molecule has 2 atom stereocenters. The molecule has 2 unspecified atom stereocenters. The van der Waals surface area contributed by atoms with E-state index in [1.165, 1.54) is 77.0 Å². The fourth-order valence-corrected chi connectivity index (χ4v) is 6.08. The van der Waals surface area contributed by atoms with Gasteiger partial charge in [-0.3, -0.25) is 14.4 Å². The van der Waals surface area contributed by atoms with Crippen LogP contribution < -0.4 is 10.6 Å². The quantitative estimate of drug-likeness (QED) is 0.0279. The van der Waals surface area contributed by atoms with Crippen molar-refractivity contribution >= 4 is 23.8 Å². The number of unbranched alkanes of at least 4 members (excludes halogenated alkanes) is 16. The summed E-state index contributed by atoms with van der Waals surface area (Å²) in [4.78, 5) is 47.5. The van der Waals surface area contributed by atoms with Gasteiger partial charge in [0.2, 0.25) is 11.8 Å². The predicted octanol–water partition coefficient (Wildman–Crippen LogP) is 10.4. The van der Waals surface area contributed by atoms with Crippen molar-refractivity contribution in [2.45, 2.75) is 199 Å². The van der Waals surface area contributed by atoms with Gasteiger partial charge in [-0.1, -0.05) is 159 Å². The van der Waals surface area contributed by atoms with Crippen molar-refractivity contribution in [1.82, 2.24) is 10.6 Å². The standard InChI is InChI=1S/C45H78N2O7/c1-3-5-7-9-11-13-15-17-19-21-23-26-30-34-40(54-44(51)37-33-29-24-22-20-18-16-14-12-10-8-6-4-2)35-31-27-25-28-32-36-42(49)46-38-43(50)47-41(39-48)45(52)53/h6,8,12,14,18,20,24,29,40-41,48H,3-5,7,9-11,13,15-17,19,21-23,25-28,30-39H2,1-2H3,(H,46,49)(H,47,50)(H,52,53)/b8-6-,14-12-,20-18-,29-24-. The van der Waals surface area contributed by atoms with Crippen LogP contribution in [0.4, 0.5) is 0 Å². The maximum atomic E-state index is 12.7. The molecule has 9 heteroatoms. The molecule has 54 heavy (non-hydrogen) atoms. The topological polar surface area (TPSA) is 142 Å². The smallest absolute Gasteiger partial charge is 0.328 e. The number of carbonyl (C=O) groups excluding carboxylic acids is 3. The molecule has 0 radical (unpaired) electrons. The van der Waals surface area contributed by atoms with Crippen LogP contribution in [-0.4, -0.2) is 59.3 Å². The first kappa shape index (κ1) is 50.8. The molecule has 0 aromatic carbocycles.